The Labute approximate surface area is 314 Å². The molecule has 1 aliphatic carbocycles. The van der Waals surface area contributed by atoms with Crippen LogP contribution in [0.3, 0.4) is 0 Å². The van der Waals surface area contributed by atoms with Gasteiger partial charge in [-0.3, -0.25) is 0 Å². The highest BCUT2D eigenvalue weighted by molar-refractivity contribution is 5.77. The lowest BCUT2D eigenvalue weighted by atomic mass is 9.79. The summed E-state index contributed by atoms with van der Waals surface area (Å²) < 4.78 is 6.17. The molecule has 0 radical (unpaired) electrons. The molecule has 0 spiro atoms. The molecule has 270 valence electrons. The van der Waals surface area contributed by atoms with Crippen molar-refractivity contribution in [1.82, 2.24) is 0 Å². The van der Waals surface area contributed by atoms with E-state index in [1.807, 2.05) is 0 Å². The zero-order valence-corrected chi connectivity index (χ0v) is 32.0. The Hall–Kier alpha value is -4.30. The summed E-state index contributed by atoms with van der Waals surface area (Å²) in [6.07, 6.45) is 17.1. The first-order valence-corrected chi connectivity index (χ1v) is 20.3. The van der Waals surface area contributed by atoms with E-state index in [1.165, 1.54) is 110 Å². The zero-order chi connectivity index (χ0) is 35.8. The minimum atomic E-state index is 0.320. The average Bonchev–Trinajstić information content (AvgIpc) is 3.14. The standard InChI is InChI=1S/C50H59NO/c1-50(2,3)37-45(43-30-27-39(28-31-43)15-6-7-16-41-29-32-42-33-34-44(42)36-41)18-13-17-40-25-23-38(24-26-40)14-5-4-12-35-51-46-19-8-10-21-48(46)52-49-22-11-9-20-47(49)51/h8-11,19-32,36,45H,4-7,12-18,33-35,37H2,1-3H3. The van der Waals surface area contributed by atoms with Gasteiger partial charge >= 0.3 is 0 Å². The summed E-state index contributed by atoms with van der Waals surface area (Å²) >= 11 is 0. The minimum absolute atomic E-state index is 0.320. The van der Waals surface area contributed by atoms with Gasteiger partial charge in [0, 0.05) is 6.54 Å². The topological polar surface area (TPSA) is 12.5 Å². The maximum atomic E-state index is 6.17. The van der Waals surface area contributed by atoms with E-state index in [0.29, 0.717) is 11.3 Å². The highest BCUT2D eigenvalue weighted by atomic mass is 16.5. The molecular formula is C50H59NO. The molecule has 0 N–H and O–H groups in total. The van der Waals surface area contributed by atoms with Crippen LogP contribution in [0.15, 0.2) is 115 Å². The number of ether oxygens (including phenoxy) is 1. The summed E-state index contributed by atoms with van der Waals surface area (Å²) in [5.74, 6) is 2.52. The van der Waals surface area contributed by atoms with E-state index in [0.717, 1.165) is 37.3 Å². The van der Waals surface area contributed by atoms with Crippen molar-refractivity contribution in [1.29, 1.82) is 0 Å². The predicted octanol–water partition coefficient (Wildman–Crippen LogP) is 13.6. The van der Waals surface area contributed by atoms with Crippen molar-refractivity contribution in [2.45, 2.75) is 117 Å². The Balaban J connectivity index is 0.831. The average molecular weight is 690 g/mol. The summed E-state index contributed by atoms with van der Waals surface area (Å²) in [6, 6.07) is 43.2. The van der Waals surface area contributed by atoms with Gasteiger partial charge in [-0.25, -0.2) is 0 Å². The number of fused-ring (bicyclic) bond motifs is 3. The van der Waals surface area contributed by atoms with Crippen LogP contribution >= 0.6 is 0 Å². The number of aryl methyl sites for hydroxylation is 6. The molecule has 0 amide bonds. The van der Waals surface area contributed by atoms with Gasteiger partial charge in [-0.05, 0) is 158 Å². The van der Waals surface area contributed by atoms with Crippen LogP contribution in [0, 0.1) is 5.41 Å². The molecular weight excluding hydrogens is 631 g/mol. The third-order valence-corrected chi connectivity index (χ3v) is 11.3. The molecule has 2 aliphatic rings. The van der Waals surface area contributed by atoms with Crippen LogP contribution in [0.2, 0.25) is 0 Å². The molecule has 0 bridgehead atoms. The third-order valence-electron chi connectivity index (χ3n) is 11.3. The molecule has 0 fully saturated rings. The number of unbranched alkanes of at least 4 members (excludes halogenated alkanes) is 3. The molecule has 0 aromatic heterocycles. The molecule has 0 saturated heterocycles. The van der Waals surface area contributed by atoms with Crippen LogP contribution < -0.4 is 9.64 Å². The van der Waals surface area contributed by atoms with Crippen LogP contribution in [-0.2, 0) is 38.5 Å². The molecule has 5 aromatic rings. The van der Waals surface area contributed by atoms with Gasteiger partial charge in [0.15, 0.2) is 11.5 Å². The maximum absolute atomic E-state index is 6.17. The molecule has 5 aromatic carbocycles. The number of para-hydroxylation sites is 4. The molecule has 1 heterocycles. The van der Waals surface area contributed by atoms with Gasteiger partial charge in [0.25, 0.3) is 0 Å². The fraction of sp³-hybridized carbons (Fsp3) is 0.400. The monoisotopic (exact) mass is 689 g/mol. The van der Waals surface area contributed by atoms with Gasteiger partial charge < -0.3 is 9.64 Å². The van der Waals surface area contributed by atoms with Gasteiger partial charge in [-0.15, -0.1) is 0 Å². The van der Waals surface area contributed by atoms with Crippen molar-refractivity contribution in [2.75, 3.05) is 11.4 Å². The van der Waals surface area contributed by atoms with Crippen LogP contribution in [0.25, 0.3) is 0 Å². The Kier molecular flexibility index (Phi) is 11.8. The lowest BCUT2D eigenvalue weighted by Gasteiger charge is -2.32. The van der Waals surface area contributed by atoms with E-state index in [-0.39, 0.29) is 0 Å². The number of anilines is 2. The lowest BCUT2D eigenvalue weighted by Crippen LogP contribution is -2.22. The fourth-order valence-electron chi connectivity index (χ4n) is 8.37. The van der Waals surface area contributed by atoms with E-state index in [1.54, 1.807) is 11.1 Å². The first kappa shape index (κ1) is 36.1. The summed E-state index contributed by atoms with van der Waals surface area (Å²) in [6.45, 7) is 8.19. The molecule has 52 heavy (non-hydrogen) atoms. The predicted molar refractivity (Wildman–Crippen MR) is 221 cm³/mol. The highest BCUT2D eigenvalue weighted by Gasteiger charge is 2.23. The largest absolute Gasteiger partial charge is 0.453 e. The van der Waals surface area contributed by atoms with Crippen LogP contribution in [-0.4, -0.2) is 6.54 Å². The normalized spacial score (nSPS) is 13.8. The van der Waals surface area contributed by atoms with Crippen molar-refractivity contribution in [3.63, 3.8) is 0 Å². The summed E-state index contributed by atoms with van der Waals surface area (Å²) in [7, 11) is 0. The Morgan fingerprint density at radius 3 is 1.63 bits per heavy atom. The number of benzene rings is 5. The molecule has 7 rings (SSSR count). The molecule has 1 atom stereocenters. The maximum Gasteiger partial charge on any atom is 0.151 e. The molecule has 2 heteroatoms. The first-order chi connectivity index (χ1) is 25.4. The quantitative estimate of drug-likeness (QED) is 0.0901. The molecule has 1 unspecified atom stereocenters. The zero-order valence-electron chi connectivity index (χ0n) is 32.0. The van der Waals surface area contributed by atoms with Crippen molar-refractivity contribution in [2.24, 2.45) is 5.41 Å². The number of hydrogen-bond donors (Lipinski definition) is 0. The SMILES string of the molecule is CC(C)(C)CC(CCCc1ccc(CCCCCN2c3ccccc3Oc3ccccc32)cc1)c1ccc(CCCCc2ccc3c(c2)CC3)cc1. The van der Waals surface area contributed by atoms with Gasteiger partial charge in [0.2, 0.25) is 0 Å². The summed E-state index contributed by atoms with van der Waals surface area (Å²) in [4.78, 5) is 2.43. The second-order valence-corrected chi connectivity index (χ2v) is 16.7. The second-order valence-electron chi connectivity index (χ2n) is 16.7. The van der Waals surface area contributed by atoms with Crippen molar-refractivity contribution in [3.8, 4) is 11.5 Å². The van der Waals surface area contributed by atoms with E-state index in [4.69, 9.17) is 4.74 Å². The van der Waals surface area contributed by atoms with E-state index >= 15 is 0 Å². The van der Waals surface area contributed by atoms with Crippen LogP contribution in [0.5, 0.6) is 11.5 Å². The third kappa shape index (κ3) is 9.57. The van der Waals surface area contributed by atoms with Crippen LogP contribution in [0.1, 0.15) is 117 Å². The smallest absolute Gasteiger partial charge is 0.151 e. The van der Waals surface area contributed by atoms with Gasteiger partial charge in [0.05, 0.1) is 11.4 Å². The summed E-state index contributed by atoms with van der Waals surface area (Å²) in [5.41, 5.74) is 13.3. The van der Waals surface area contributed by atoms with Crippen molar-refractivity contribution in [3.05, 3.63) is 154 Å². The first-order valence-electron chi connectivity index (χ1n) is 20.3. The van der Waals surface area contributed by atoms with Gasteiger partial charge in [-0.2, -0.15) is 0 Å². The lowest BCUT2D eigenvalue weighted by molar-refractivity contribution is 0.328. The molecule has 0 saturated carbocycles. The van der Waals surface area contributed by atoms with Crippen LogP contribution in [0.4, 0.5) is 11.4 Å². The molecule has 2 nitrogen and oxygen atoms in total. The second kappa shape index (κ2) is 17.0. The van der Waals surface area contributed by atoms with E-state index in [9.17, 15) is 0 Å². The van der Waals surface area contributed by atoms with Crippen molar-refractivity contribution < 1.29 is 4.74 Å². The fourth-order valence-corrected chi connectivity index (χ4v) is 8.37. The van der Waals surface area contributed by atoms with Gasteiger partial charge in [0.1, 0.15) is 0 Å². The van der Waals surface area contributed by atoms with E-state index < -0.39 is 0 Å². The Morgan fingerprint density at radius 2 is 1.06 bits per heavy atom. The number of rotatable bonds is 17. The van der Waals surface area contributed by atoms with Crippen molar-refractivity contribution >= 4 is 11.4 Å². The molecule has 1 aliphatic heterocycles. The highest BCUT2D eigenvalue weighted by Crippen LogP contribution is 2.46. The number of nitrogens with zero attached hydrogens (tertiary/aromatic N) is 1. The Morgan fingerprint density at radius 1 is 0.538 bits per heavy atom. The van der Waals surface area contributed by atoms with E-state index in [2.05, 4.69) is 141 Å². The number of hydrogen-bond acceptors (Lipinski definition) is 2. The Bertz CT molecular complexity index is 1830. The summed E-state index contributed by atoms with van der Waals surface area (Å²) in [5, 5.41) is 0. The minimum Gasteiger partial charge on any atom is -0.453 e. The van der Waals surface area contributed by atoms with Gasteiger partial charge in [-0.1, -0.05) is 118 Å².